The van der Waals surface area contributed by atoms with Crippen molar-refractivity contribution in [2.75, 3.05) is 19.8 Å². The van der Waals surface area contributed by atoms with E-state index in [1.807, 2.05) is 18.5 Å². The molecule has 0 saturated heterocycles. The summed E-state index contributed by atoms with van der Waals surface area (Å²) < 4.78 is 30.7. The third-order valence-corrected chi connectivity index (χ3v) is 6.31. The van der Waals surface area contributed by atoms with Gasteiger partial charge in [0.1, 0.15) is 11.5 Å². The Balaban J connectivity index is 2.13. The molecular weight excluding hydrogens is 425 g/mol. The maximum Gasteiger partial charge on any atom is 0.355 e. The number of rotatable bonds is 6. The molecule has 0 radical (unpaired) electrons. The van der Waals surface area contributed by atoms with E-state index in [4.69, 9.17) is 9.47 Å². The van der Waals surface area contributed by atoms with Gasteiger partial charge in [0.25, 0.3) is 0 Å². The summed E-state index contributed by atoms with van der Waals surface area (Å²) in [7, 11) is 1.86. The third kappa shape index (κ3) is 4.17. The molecule has 0 atom stereocenters. The van der Waals surface area contributed by atoms with Gasteiger partial charge in [-0.1, -0.05) is 6.92 Å². The summed E-state index contributed by atoms with van der Waals surface area (Å²) >= 11 is 0. The molecule has 0 unspecified atom stereocenters. The van der Waals surface area contributed by atoms with E-state index in [0.717, 1.165) is 40.7 Å². The lowest BCUT2D eigenvalue weighted by molar-refractivity contribution is 0.0512. The number of nitrogens with zero attached hydrogens (tertiary/aromatic N) is 3. The summed E-state index contributed by atoms with van der Waals surface area (Å²) in [6, 6.07) is 3.22. The van der Waals surface area contributed by atoms with Gasteiger partial charge >= 0.3 is 5.97 Å². The molecule has 1 aliphatic rings. The first-order chi connectivity index (χ1) is 16.0. The maximum absolute atomic E-state index is 15.7. The van der Waals surface area contributed by atoms with E-state index in [1.165, 1.54) is 6.07 Å². The first-order valence-corrected chi connectivity index (χ1v) is 11.8. The number of ether oxygens (including phenoxy) is 2. The lowest BCUT2D eigenvalue weighted by Crippen LogP contribution is -2.15. The van der Waals surface area contributed by atoms with Gasteiger partial charge < -0.3 is 19.1 Å². The highest BCUT2D eigenvalue weighted by Crippen LogP contribution is 2.40. The highest BCUT2D eigenvalue weighted by atomic mass is 19.1. The van der Waals surface area contributed by atoms with Gasteiger partial charge in [0.05, 0.1) is 30.1 Å². The number of benzene rings is 1. The van der Waals surface area contributed by atoms with Crippen molar-refractivity contribution in [2.45, 2.75) is 59.1 Å². The van der Waals surface area contributed by atoms with E-state index in [-0.39, 0.29) is 19.0 Å². The largest absolute Gasteiger partial charge is 0.461 e. The molecule has 1 N–H and O–H groups in total. The molecule has 0 bridgehead atoms. The molecule has 0 aliphatic carbocycles. The Morgan fingerprint density at radius 2 is 2.09 bits per heavy atom. The molecule has 1 aliphatic heterocycles. The summed E-state index contributed by atoms with van der Waals surface area (Å²) in [5.74, 6) is -0.769. The van der Waals surface area contributed by atoms with Crippen LogP contribution >= 0.6 is 0 Å². The predicted molar refractivity (Wildman–Crippen MR) is 124 cm³/mol. The number of fused-ring (bicyclic) bond motifs is 2. The number of carbonyl (C=O) groups excluding carboxylic acids is 1. The Kier molecular flexibility index (Phi) is 7.14. The minimum Gasteiger partial charge on any atom is -0.461 e. The van der Waals surface area contributed by atoms with Gasteiger partial charge in [-0.2, -0.15) is 5.10 Å². The summed E-state index contributed by atoms with van der Waals surface area (Å²) in [5, 5.41) is 15.0. The van der Waals surface area contributed by atoms with Crippen LogP contribution in [0.15, 0.2) is 12.1 Å². The molecule has 0 spiro atoms. The molecule has 0 fully saturated rings. The number of halogens is 1. The molecule has 8 heteroatoms. The van der Waals surface area contributed by atoms with E-state index >= 15 is 4.39 Å². The molecule has 4 rings (SSSR count). The van der Waals surface area contributed by atoms with Crippen LogP contribution < -0.4 is 0 Å². The van der Waals surface area contributed by atoms with E-state index in [1.54, 1.807) is 17.7 Å². The third-order valence-electron chi connectivity index (χ3n) is 6.31. The maximum atomic E-state index is 15.7. The molecule has 178 valence electrons. The van der Waals surface area contributed by atoms with Gasteiger partial charge in [0, 0.05) is 43.3 Å². The number of aliphatic hydroxyl groups is 1. The van der Waals surface area contributed by atoms with E-state index in [9.17, 15) is 9.90 Å². The quantitative estimate of drug-likeness (QED) is 0.563. The van der Waals surface area contributed by atoms with Crippen LogP contribution in [0.1, 0.15) is 60.5 Å². The molecule has 0 amide bonds. The Bertz CT molecular complexity index is 1160. The van der Waals surface area contributed by atoms with Crippen LogP contribution in [-0.4, -0.2) is 45.2 Å². The van der Waals surface area contributed by atoms with Crippen molar-refractivity contribution in [3.05, 3.63) is 40.6 Å². The highest BCUT2D eigenvalue weighted by Gasteiger charge is 2.30. The number of hydrogen-bond acceptors (Lipinski definition) is 5. The summed E-state index contributed by atoms with van der Waals surface area (Å²) in [6.07, 6.45) is 3.24. The highest BCUT2D eigenvalue weighted by molar-refractivity contribution is 6.05. The summed E-state index contributed by atoms with van der Waals surface area (Å²) in [5.41, 5.74) is 4.77. The van der Waals surface area contributed by atoms with Gasteiger partial charge in [-0.05, 0) is 56.7 Å². The Labute approximate surface area is 193 Å². The summed E-state index contributed by atoms with van der Waals surface area (Å²) in [6.45, 7) is 5.50. The monoisotopic (exact) mass is 457 g/mol. The normalized spacial score (nSPS) is 14.2. The van der Waals surface area contributed by atoms with Gasteiger partial charge in [0.2, 0.25) is 0 Å². The first kappa shape index (κ1) is 23.4. The lowest BCUT2D eigenvalue weighted by Gasteiger charge is -2.14. The fraction of sp³-hybridized carbons (Fsp3) is 0.520. The Morgan fingerprint density at radius 3 is 2.82 bits per heavy atom. The Hall–Kier alpha value is -2.71. The van der Waals surface area contributed by atoms with Crippen LogP contribution in [0.2, 0.25) is 0 Å². The second-order valence-electron chi connectivity index (χ2n) is 8.35. The molecule has 3 aromatic rings. The number of aromatic nitrogens is 3. The standard InChI is InChI=1S/C25H32FN3O4/c1-4-19-22-20(28(3)27-19)15-32-14-7-6-12-29-23-17(10-11-18(26)21(22)23)16(9-8-13-30)24(29)25(31)33-5-2/h10-11,30H,4-9,12-15H2,1-3H3. The van der Waals surface area contributed by atoms with Crippen molar-refractivity contribution in [1.82, 2.24) is 14.3 Å². The first-order valence-electron chi connectivity index (χ1n) is 11.8. The zero-order valence-electron chi connectivity index (χ0n) is 19.6. The fourth-order valence-electron chi connectivity index (χ4n) is 4.86. The van der Waals surface area contributed by atoms with Crippen LogP contribution in [0.25, 0.3) is 22.0 Å². The zero-order chi connectivity index (χ0) is 23.5. The van der Waals surface area contributed by atoms with Gasteiger partial charge in [-0.25, -0.2) is 9.18 Å². The number of carbonyl (C=O) groups is 1. The van der Waals surface area contributed by atoms with Crippen molar-refractivity contribution in [3.8, 4) is 11.1 Å². The van der Waals surface area contributed by atoms with Crippen LogP contribution in [-0.2, 0) is 42.5 Å². The van der Waals surface area contributed by atoms with Crippen LogP contribution in [0.5, 0.6) is 0 Å². The van der Waals surface area contributed by atoms with Crippen molar-refractivity contribution < 1.29 is 23.8 Å². The Morgan fingerprint density at radius 1 is 1.27 bits per heavy atom. The second kappa shape index (κ2) is 10.1. The van der Waals surface area contributed by atoms with Gasteiger partial charge in [-0.3, -0.25) is 4.68 Å². The molecule has 0 saturated carbocycles. The average molecular weight is 458 g/mol. The molecule has 2 aromatic heterocycles. The average Bonchev–Trinajstić information content (AvgIpc) is 3.27. The SMILES string of the molecule is CCOC(=O)c1c(CCCO)c2ccc(F)c3c2n1CCCCOCc1c-3c(CC)nn1C. The van der Waals surface area contributed by atoms with E-state index < -0.39 is 5.97 Å². The number of aryl methyl sites for hydroxylation is 4. The van der Waals surface area contributed by atoms with E-state index in [0.29, 0.717) is 55.8 Å². The van der Waals surface area contributed by atoms with Crippen molar-refractivity contribution in [3.63, 3.8) is 0 Å². The minimum absolute atomic E-state index is 0.00701. The minimum atomic E-state index is -0.416. The van der Waals surface area contributed by atoms with Crippen molar-refractivity contribution >= 4 is 16.9 Å². The predicted octanol–water partition coefficient (Wildman–Crippen LogP) is 4.16. The molecule has 7 nitrogen and oxygen atoms in total. The van der Waals surface area contributed by atoms with Crippen molar-refractivity contribution in [2.24, 2.45) is 7.05 Å². The molecule has 1 aromatic carbocycles. The molecule has 3 heterocycles. The van der Waals surface area contributed by atoms with Crippen molar-refractivity contribution in [1.29, 1.82) is 0 Å². The smallest absolute Gasteiger partial charge is 0.355 e. The lowest BCUT2D eigenvalue weighted by atomic mass is 9.96. The van der Waals surface area contributed by atoms with Gasteiger partial charge in [0.15, 0.2) is 0 Å². The number of esters is 1. The zero-order valence-corrected chi connectivity index (χ0v) is 19.6. The number of hydrogen-bond donors (Lipinski definition) is 1. The molecular formula is C25H32FN3O4. The van der Waals surface area contributed by atoms with Crippen LogP contribution in [0.4, 0.5) is 4.39 Å². The van der Waals surface area contributed by atoms with Crippen LogP contribution in [0, 0.1) is 5.82 Å². The second-order valence-corrected chi connectivity index (χ2v) is 8.35. The van der Waals surface area contributed by atoms with E-state index in [2.05, 4.69) is 5.10 Å². The molecule has 33 heavy (non-hydrogen) atoms. The number of aliphatic hydroxyl groups excluding tert-OH is 1. The fourth-order valence-corrected chi connectivity index (χ4v) is 4.86. The van der Waals surface area contributed by atoms with Crippen LogP contribution in [0.3, 0.4) is 0 Å². The summed E-state index contributed by atoms with van der Waals surface area (Å²) in [4.78, 5) is 13.2. The topological polar surface area (TPSA) is 78.5 Å². The van der Waals surface area contributed by atoms with Gasteiger partial charge in [-0.15, -0.1) is 0 Å².